The largest absolute Gasteiger partial charge is 0.325 e. The third-order valence-electron chi connectivity index (χ3n) is 4.06. The molecule has 0 aliphatic carbocycles. The number of benzene rings is 2. The predicted molar refractivity (Wildman–Crippen MR) is 107 cm³/mol. The molecule has 7 heteroatoms. The fourth-order valence-corrected chi connectivity index (χ4v) is 3.32. The lowest BCUT2D eigenvalue weighted by Crippen LogP contribution is -2.35. The lowest BCUT2D eigenvalue weighted by molar-refractivity contribution is -0.117. The highest BCUT2D eigenvalue weighted by Gasteiger charge is 2.13. The van der Waals surface area contributed by atoms with E-state index in [1.54, 1.807) is 30.5 Å². The molecule has 0 aliphatic heterocycles. The summed E-state index contributed by atoms with van der Waals surface area (Å²) in [4.78, 5) is 28.3. The molecule has 1 heterocycles. The van der Waals surface area contributed by atoms with Crippen LogP contribution in [0.5, 0.6) is 0 Å². The van der Waals surface area contributed by atoms with Crippen molar-refractivity contribution >= 4 is 29.4 Å². The number of rotatable bonds is 5. The molecule has 1 aromatic heterocycles. The molecular weight excluding hydrogens is 360 g/mol. The van der Waals surface area contributed by atoms with Gasteiger partial charge in [0.15, 0.2) is 5.16 Å². The van der Waals surface area contributed by atoms with E-state index in [9.17, 15) is 9.59 Å². The second kappa shape index (κ2) is 8.55. The zero-order valence-corrected chi connectivity index (χ0v) is 15.9. The fraction of sp³-hybridized carbons (Fsp3) is 0.150. The highest BCUT2D eigenvalue weighted by atomic mass is 32.2. The van der Waals surface area contributed by atoms with Crippen molar-refractivity contribution in [3.8, 4) is 5.69 Å². The minimum Gasteiger partial charge on any atom is -0.308 e. The molecule has 0 bridgehead atoms. The minimum absolute atomic E-state index is 0.0874. The maximum absolute atomic E-state index is 12.1. The van der Waals surface area contributed by atoms with Gasteiger partial charge < -0.3 is 5.32 Å². The van der Waals surface area contributed by atoms with E-state index in [4.69, 9.17) is 0 Å². The first-order valence-electron chi connectivity index (χ1n) is 8.43. The van der Waals surface area contributed by atoms with Crippen molar-refractivity contribution in [1.82, 2.24) is 14.9 Å². The number of amides is 3. The van der Waals surface area contributed by atoms with Crippen molar-refractivity contribution in [1.29, 1.82) is 0 Å². The maximum Gasteiger partial charge on any atom is 0.325 e. The number of aryl methyl sites for hydroxylation is 1. The van der Waals surface area contributed by atoms with E-state index in [1.165, 1.54) is 17.3 Å². The van der Waals surface area contributed by atoms with Crippen LogP contribution in [0.1, 0.15) is 11.1 Å². The van der Waals surface area contributed by atoms with Gasteiger partial charge in [-0.25, -0.2) is 9.78 Å². The molecule has 27 heavy (non-hydrogen) atoms. The van der Waals surface area contributed by atoms with Gasteiger partial charge in [-0.05, 0) is 43.2 Å². The fourth-order valence-electron chi connectivity index (χ4n) is 2.55. The van der Waals surface area contributed by atoms with E-state index < -0.39 is 6.03 Å². The average molecular weight is 380 g/mol. The molecule has 3 amide bonds. The summed E-state index contributed by atoms with van der Waals surface area (Å²) in [5, 5.41) is 5.64. The van der Waals surface area contributed by atoms with E-state index in [0.717, 1.165) is 11.3 Å². The minimum atomic E-state index is -0.551. The Morgan fingerprint density at radius 1 is 1.07 bits per heavy atom. The van der Waals surface area contributed by atoms with Crippen LogP contribution in [-0.2, 0) is 4.79 Å². The molecule has 0 saturated carbocycles. The summed E-state index contributed by atoms with van der Waals surface area (Å²) < 4.78 is 1.95. The van der Waals surface area contributed by atoms with Gasteiger partial charge in [0.25, 0.3) is 0 Å². The Balaban J connectivity index is 1.59. The van der Waals surface area contributed by atoms with Crippen LogP contribution in [0.4, 0.5) is 10.5 Å². The highest BCUT2D eigenvalue weighted by Crippen LogP contribution is 2.24. The molecule has 0 spiro atoms. The summed E-state index contributed by atoms with van der Waals surface area (Å²) in [6.45, 7) is 4.11. The number of hydrogen-bond acceptors (Lipinski definition) is 4. The molecule has 6 nitrogen and oxygen atoms in total. The Hall–Kier alpha value is -3.06. The monoisotopic (exact) mass is 380 g/mol. The van der Waals surface area contributed by atoms with E-state index in [1.807, 2.05) is 29.0 Å². The molecule has 138 valence electrons. The van der Waals surface area contributed by atoms with E-state index in [-0.39, 0.29) is 11.7 Å². The molecule has 0 unspecified atom stereocenters. The normalized spacial score (nSPS) is 10.4. The quantitative estimate of drug-likeness (QED) is 0.658. The molecule has 3 rings (SSSR count). The third-order valence-corrected chi connectivity index (χ3v) is 5.03. The first-order valence-corrected chi connectivity index (χ1v) is 9.42. The molecule has 0 saturated heterocycles. The van der Waals surface area contributed by atoms with Crippen molar-refractivity contribution in [2.24, 2.45) is 0 Å². The smallest absolute Gasteiger partial charge is 0.308 e. The number of aromatic nitrogens is 2. The Bertz CT molecular complexity index is 954. The van der Waals surface area contributed by atoms with E-state index in [0.29, 0.717) is 10.8 Å². The number of hydrogen-bond donors (Lipinski definition) is 2. The average Bonchev–Trinajstić information content (AvgIpc) is 3.11. The maximum atomic E-state index is 12.1. The van der Waals surface area contributed by atoms with Crippen LogP contribution >= 0.6 is 11.8 Å². The van der Waals surface area contributed by atoms with Crippen LogP contribution < -0.4 is 10.6 Å². The Kier molecular flexibility index (Phi) is 5.93. The summed E-state index contributed by atoms with van der Waals surface area (Å²) in [5.74, 6) is -0.298. The van der Waals surface area contributed by atoms with Gasteiger partial charge in [-0.15, -0.1) is 0 Å². The zero-order chi connectivity index (χ0) is 19.2. The SMILES string of the molecule is Cc1cccc(-n2ccnc2SCC(=O)NC(=O)Nc2ccccc2)c1C. The number of imide groups is 1. The zero-order valence-electron chi connectivity index (χ0n) is 15.1. The summed E-state index contributed by atoms with van der Waals surface area (Å²) >= 11 is 1.28. The number of imidazole rings is 1. The van der Waals surface area contributed by atoms with Crippen molar-refractivity contribution < 1.29 is 9.59 Å². The molecule has 2 aromatic carbocycles. The van der Waals surface area contributed by atoms with E-state index in [2.05, 4.69) is 35.5 Å². The van der Waals surface area contributed by atoms with Gasteiger partial charge in [-0.2, -0.15) is 0 Å². The van der Waals surface area contributed by atoms with Crippen LogP contribution in [0.2, 0.25) is 0 Å². The first-order chi connectivity index (χ1) is 13.0. The highest BCUT2D eigenvalue weighted by molar-refractivity contribution is 7.99. The Labute approximate surface area is 162 Å². The van der Waals surface area contributed by atoms with Gasteiger partial charge in [0.05, 0.1) is 11.4 Å². The first kappa shape index (κ1) is 18.7. The van der Waals surface area contributed by atoms with Crippen molar-refractivity contribution in [3.05, 3.63) is 72.1 Å². The number of urea groups is 1. The van der Waals surface area contributed by atoms with Gasteiger partial charge in [0.2, 0.25) is 5.91 Å². The molecule has 0 aliphatic rings. The van der Waals surface area contributed by atoms with Gasteiger partial charge in [0.1, 0.15) is 0 Å². The van der Waals surface area contributed by atoms with Gasteiger partial charge in [-0.1, -0.05) is 42.1 Å². The summed E-state index contributed by atoms with van der Waals surface area (Å²) in [7, 11) is 0. The number of carbonyl (C=O) groups is 2. The lowest BCUT2D eigenvalue weighted by atomic mass is 10.1. The number of nitrogens with one attached hydrogen (secondary N) is 2. The van der Waals surface area contributed by atoms with Gasteiger partial charge in [0, 0.05) is 18.1 Å². The number of carbonyl (C=O) groups excluding carboxylic acids is 2. The number of nitrogens with zero attached hydrogens (tertiary/aromatic N) is 2. The van der Waals surface area contributed by atoms with Crippen molar-refractivity contribution in [2.45, 2.75) is 19.0 Å². The van der Waals surface area contributed by atoms with Crippen molar-refractivity contribution in [3.63, 3.8) is 0 Å². The van der Waals surface area contributed by atoms with Crippen LogP contribution in [0.15, 0.2) is 66.1 Å². The Morgan fingerprint density at radius 2 is 1.85 bits per heavy atom. The molecule has 2 N–H and O–H groups in total. The van der Waals surface area contributed by atoms with Gasteiger partial charge in [-0.3, -0.25) is 14.7 Å². The van der Waals surface area contributed by atoms with Crippen LogP contribution in [0, 0.1) is 13.8 Å². The van der Waals surface area contributed by atoms with Crippen LogP contribution in [0.25, 0.3) is 5.69 Å². The topological polar surface area (TPSA) is 76.0 Å². The Morgan fingerprint density at radius 3 is 2.63 bits per heavy atom. The van der Waals surface area contributed by atoms with Crippen molar-refractivity contribution in [2.75, 3.05) is 11.1 Å². The number of anilines is 1. The molecule has 0 atom stereocenters. The molecular formula is C20H20N4O2S. The summed E-state index contributed by atoms with van der Waals surface area (Å²) in [6.07, 6.45) is 3.56. The molecule has 0 fully saturated rings. The van der Waals surface area contributed by atoms with E-state index >= 15 is 0 Å². The van der Waals surface area contributed by atoms with Crippen LogP contribution in [0.3, 0.4) is 0 Å². The van der Waals surface area contributed by atoms with Gasteiger partial charge >= 0.3 is 6.03 Å². The summed E-state index contributed by atoms with van der Waals surface area (Å²) in [5.41, 5.74) is 4.00. The molecule has 0 radical (unpaired) electrons. The molecule has 3 aromatic rings. The number of thioether (sulfide) groups is 1. The predicted octanol–water partition coefficient (Wildman–Crippen LogP) is 3.93. The lowest BCUT2D eigenvalue weighted by Gasteiger charge is -2.12. The second-order valence-electron chi connectivity index (χ2n) is 5.96. The number of para-hydroxylation sites is 1. The standard InChI is InChI=1S/C20H20N4O2S/c1-14-7-6-10-17(15(14)2)24-12-11-21-20(24)27-13-18(25)23-19(26)22-16-8-4-3-5-9-16/h3-12H,13H2,1-2H3,(H2,22,23,25,26). The third kappa shape index (κ3) is 4.77. The second-order valence-corrected chi connectivity index (χ2v) is 6.90. The van der Waals surface area contributed by atoms with Crippen LogP contribution in [-0.4, -0.2) is 27.2 Å². The summed E-state index contributed by atoms with van der Waals surface area (Å²) in [6, 6.07) is 14.5.